The largest absolute Gasteiger partial charge is 0.325 e. The van der Waals surface area contributed by atoms with Gasteiger partial charge in [0.2, 0.25) is 15.9 Å². The first-order chi connectivity index (χ1) is 11.3. The monoisotopic (exact) mass is 410 g/mol. The van der Waals surface area contributed by atoms with E-state index < -0.39 is 10.0 Å². The van der Waals surface area contributed by atoms with Crippen molar-refractivity contribution in [2.75, 3.05) is 24.7 Å². The zero-order valence-corrected chi connectivity index (χ0v) is 15.7. The van der Waals surface area contributed by atoms with E-state index in [-0.39, 0.29) is 19.0 Å². The van der Waals surface area contributed by atoms with E-state index in [0.717, 1.165) is 16.3 Å². The standard InChI is InChI=1S/C17H19BrN2O3S/c1-24(22,23)20(11-10-14-6-3-2-4-7-14)13-17(21)19-16-9-5-8-15(18)12-16/h2-9,12H,10-11,13H2,1H3,(H,19,21). The molecule has 0 radical (unpaired) electrons. The van der Waals surface area contributed by atoms with Crippen LogP contribution in [0.4, 0.5) is 5.69 Å². The van der Waals surface area contributed by atoms with Crippen LogP contribution in [0.25, 0.3) is 0 Å². The summed E-state index contributed by atoms with van der Waals surface area (Å²) in [6.45, 7) is 0.0485. The maximum Gasteiger partial charge on any atom is 0.239 e. The van der Waals surface area contributed by atoms with Crippen molar-refractivity contribution >= 4 is 37.5 Å². The lowest BCUT2D eigenvalue weighted by atomic mass is 10.1. The van der Waals surface area contributed by atoms with E-state index in [2.05, 4.69) is 21.2 Å². The molecule has 2 aromatic rings. The minimum absolute atomic E-state index is 0.210. The zero-order valence-electron chi connectivity index (χ0n) is 13.3. The molecule has 128 valence electrons. The highest BCUT2D eigenvalue weighted by molar-refractivity contribution is 9.10. The fourth-order valence-electron chi connectivity index (χ4n) is 2.19. The van der Waals surface area contributed by atoms with E-state index in [1.807, 2.05) is 36.4 Å². The number of halogens is 1. The maximum absolute atomic E-state index is 12.2. The summed E-state index contributed by atoms with van der Waals surface area (Å²) in [4.78, 5) is 12.2. The van der Waals surface area contributed by atoms with E-state index in [9.17, 15) is 13.2 Å². The van der Waals surface area contributed by atoms with Crippen molar-refractivity contribution in [3.63, 3.8) is 0 Å². The molecule has 1 N–H and O–H groups in total. The Morgan fingerprint density at radius 1 is 1.12 bits per heavy atom. The van der Waals surface area contributed by atoms with Crippen molar-refractivity contribution in [3.8, 4) is 0 Å². The van der Waals surface area contributed by atoms with Crippen LogP contribution in [-0.4, -0.2) is 38.0 Å². The number of benzene rings is 2. The summed E-state index contributed by atoms with van der Waals surface area (Å²) in [6, 6.07) is 16.7. The van der Waals surface area contributed by atoms with Gasteiger partial charge in [0.15, 0.2) is 0 Å². The molecule has 0 bridgehead atoms. The molecular formula is C17H19BrN2O3S. The fraction of sp³-hybridized carbons (Fsp3) is 0.235. The van der Waals surface area contributed by atoms with E-state index in [4.69, 9.17) is 0 Å². The number of hydrogen-bond donors (Lipinski definition) is 1. The summed E-state index contributed by atoms with van der Waals surface area (Å²) in [7, 11) is -3.47. The van der Waals surface area contributed by atoms with Crippen LogP contribution in [0.3, 0.4) is 0 Å². The molecule has 0 aliphatic carbocycles. The zero-order chi connectivity index (χ0) is 17.6. The Labute approximate surface area is 150 Å². The third-order valence-corrected chi connectivity index (χ3v) is 5.13. The highest BCUT2D eigenvalue weighted by atomic mass is 79.9. The highest BCUT2D eigenvalue weighted by Gasteiger charge is 2.20. The lowest BCUT2D eigenvalue weighted by Crippen LogP contribution is -2.38. The molecule has 0 aromatic heterocycles. The van der Waals surface area contributed by atoms with Gasteiger partial charge in [0.05, 0.1) is 12.8 Å². The molecule has 0 fully saturated rings. The van der Waals surface area contributed by atoms with E-state index in [0.29, 0.717) is 12.1 Å². The van der Waals surface area contributed by atoms with Gasteiger partial charge < -0.3 is 5.32 Å². The van der Waals surface area contributed by atoms with Crippen LogP contribution in [0, 0.1) is 0 Å². The quantitative estimate of drug-likeness (QED) is 0.762. The first-order valence-electron chi connectivity index (χ1n) is 7.39. The molecule has 0 unspecified atom stereocenters. The first kappa shape index (κ1) is 18.6. The molecule has 24 heavy (non-hydrogen) atoms. The Morgan fingerprint density at radius 2 is 1.83 bits per heavy atom. The molecule has 0 aliphatic heterocycles. The van der Waals surface area contributed by atoms with Crippen LogP contribution in [0.2, 0.25) is 0 Å². The molecule has 2 rings (SSSR count). The van der Waals surface area contributed by atoms with Gasteiger partial charge in [-0.05, 0) is 30.2 Å². The Bertz CT molecular complexity index is 794. The van der Waals surface area contributed by atoms with Gasteiger partial charge in [-0.3, -0.25) is 4.79 Å². The molecule has 0 atom stereocenters. The molecule has 2 aromatic carbocycles. The van der Waals surface area contributed by atoms with Crippen molar-refractivity contribution < 1.29 is 13.2 Å². The first-order valence-corrected chi connectivity index (χ1v) is 10.0. The van der Waals surface area contributed by atoms with Crippen LogP contribution in [0.1, 0.15) is 5.56 Å². The van der Waals surface area contributed by atoms with Gasteiger partial charge in [-0.25, -0.2) is 8.42 Å². The molecule has 0 saturated carbocycles. The number of rotatable bonds is 7. The number of anilines is 1. The summed E-state index contributed by atoms with van der Waals surface area (Å²) < 4.78 is 25.9. The second-order valence-corrected chi connectivity index (χ2v) is 8.29. The highest BCUT2D eigenvalue weighted by Crippen LogP contribution is 2.15. The van der Waals surface area contributed by atoms with Gasteiger partial charge in [-0.15, -0.1) is 0 Å². The van der Waals surface area contributed by atoms with Crippen molar-refractivity contribution in [2.45, 2.75) is 6.42 Å². The van der Waals surface area contributed by atoms with Gasteiger partial charge in [0, 0.05) is 16.7 Å². The Balaban J connectivity index is 1.99. The van der Waals surface area contributed by atoms with Crippen LogP contribution < -0.4 is 5.32 Å². The maximum atomic E-state index is 12.2. The number of hydrogen-bond acceptors (Lipinski definition) is 3. The normalized spacial score (nSPS) is 11.5. The van der Waals surface area contributed by atoms with Crippen LogP contribution in [0.15, 0.2) is 59.1 Å². The third kappa shape index (κ3) is 6.07. The average Bonchev–Trinajstić information content (AvgIpc) is 2.51. The third-order valence-electron chi connectivity index (χ3n) is 3.39. The smallest absolute Gasteiger partial charge is 0.239 e. The molecule has 0 aliphatic rings. The molecule has 1 amide bonds. The molecule has 0 saturated heterocycles. The van der Waals surface area contributed by atoms with Gasteiger partial charge in [-0.1, -0.05) is 52.3 Å². The van der Waals surface area contributed by atoms with E-state index in [1.54, 1.807) is 18.2 Å². The van der Waals surface area contributed by atoms with Gasteiger partial charge in [0.1, 0.15) is 0 Å². The second kappa shape index (κ2) is 8.41. The van der Waals surface area contributed by atoms with Crippen molar-refractivity contribution in [1.82, 2.24) is 4.31 Å². The minimum atomic E-state index is -3.47. The summed E-state index contributed by atoms with van der Waals surface area (Å²) in [5, 5.41) is 2.71. The number of carbonyl (C=O) groups is 1. The second-order valence-electron chi connectivity index (χ2n) is 5.39. The number of amides is 1. The lowest BCUT2D eigenvalue weighted by Gasteiger charge is -2.19. The van der Waals surface area contributed by atoms with Gasteiger partial charge in [-0.2, -0.15) is 4.31 Å². The molecule has 7 heteroatoms. The summed E-state index contributed by atoms with van der Waals surface area (Å²) in [5.41, 5.74) is 1.64. The van der Waals surface area contributed by atoms with Crippen LogP contribution in [-0.2, 0) is 21.2 Å². The number of carbonyl (C=O) groups excluding carboxylic acids is 1. The number of nitrogens with zero attached hydrogens (tertiary/aromatic N) is 1. The molecule has 0 heterocycles. The van der Waals surface area contributed by atoms with Gasteiger partial charge in [0.25, 0.3) is 0 Å². The van der Waals surface area contributed by atoms with Crippen molar-refractivity contribution in [3.05, 3.63) is 64.6 Å². The topological polar surface area (TPSA) is 66.5 Å². The minimum Gasteiger partial charge on any atom is -0.325 e. The Morgan fingerprint density at radius 3 is 2.46 bits per heavy atom. The lowest BCUT2D eigenvalue weighted by molar-refractivity contribution is -0.116. The van der Waals surface area contributed by atoms with Crippen LogP contribution >= 0.6 is 15.9 Å². The number of nitrogens with one attached hydrogen (secondary N) is 1. The van der Waals surface area contributed by atoms with E-state index >= 15 is 0 Å². The SMILES string of the molecule is CS(=O)(=O)N(CCc1ccccc1)CC(=O)Nc1cccc(Br)c1. The predicted octanol–water partition coefficient (Wildman–Crippen LogP) is 2.89. The van der Waals surface area contributed by atoms with E-state index in [1.165, 1.54) is 4.31 Å². The summed E-state index contributed by atoms with van der Waals surface area (Å²) >= 11 is 3.33. The summed E-state index contributed by atoms with van der Waals surface area (Å²) in [5.74, 6) is -0.369. The molecule has 5 nitrogen and oxygen atoms in total. The fourth-order valence-corrected chi connectivity index (χ4v) is 3.36. The number of sulfonamides is 1. The Hall–Kier alpha value is -1.70. The van der Waals surface area contributed by atoms with Crippen LogP contribution in [0.5, 0.6) is 0 Å². The van der Waals surface area contributed by atoms with Crippen molar-refractivity contribution in [1.29, 1.82) is 0 Å². The Kier molecular flexibility index (Phi) is 6.53. The summed E-state index contributed by atoms with van der Waals surface area (Å²) in [6.07, 6.45) is 1.67. The average molecular weight is 411 g/mol. The van der Waals surface area contributed by atoms with Gasteiger partial charge >= 0.3 is 0 Å². The predicted molar refractivity (Wildman–Crippen MR) is 99.3 cm³/mol. The molecular weight excluding hydrogens is 392 g/mol. The van der Waals surface area contributed by atoms with Crippen molar-refractivity contribution in [2.24, 2.45) is 0 Å². The molecule has 0 spiro atoms.